The molecule has 0 N–H and O–H groups in total. The maximum absolute atomic E-state index is 4.90. The van der Waals surface area contributed by atoms with Crippen LogP contribution in [-0.4, -0.2) is 19.1 Å². The van der Waals surface area contributed by atoms with E-state index < -0.39 is 0 Å². The highest BCUT2D eigenvalue weighted by molar-refractivity contribution is 7.22. The molecule has 0 saturated heterocycles. The summed E-state index contributed by atoms with van der Waals surface area (Å²) in [6.07, 6.45) is 0. The molecule has 0 radical (unpaired) electrons. The predicted octanol–water partition coefficient (Wildman–Crippen LogP) is 12.5. The highest BCUT2D eigenvalue weighted by atomic mass is 32.1. The third-order valence-electron chi connectivity index (χ3n) is 10.5. The van der Waals surface area contributed by atoms with Gasteiger partial charge in [-0.15, -0.1) is 22.7 Å². The summed E-state index contributed by atoms with van der Waals surface area (Å²) in [6, 6.07) is 43.9. The van der Waals surface area contributed by atoms with E-state index in [9.17, 15) is 0 Å². The highest BCUT2D eigenvalue weighted by Gasteiger charge is 2.20. The van der Waals surface area contributed by atoms with Gasteiger partial charge in [0.15, 0.2) is 0 Å². The Morgan fingerprint density at radius 1 is 0.420 bits per heavy atom. The lowest BCUT2D eigenvalue weighted by Gasteiger charge is -2.14. The van der Waals surface area contributed by atoms with E-state index in [2.05, 4.69) is 158 Å². The molecule has 6 heteroatoms. The Morgan fingerprint density at radius 3 is 1.20 bits per heavy atom. The summed E-state index contributed by atoms with van der Waals surface area (Å²) < 4.78 is 7.32. The fraction of sp³-hybridized carbons (Fsp3) is 0.0909. The van der Waals surface area contributed by atoms with Crippen LogP contribution in [0.4, 0.5) is 0 Å². The van der Waals surface area contributed by atoms with Crippen molar-refractivity contribution in [1.29, 1.82) is 0 Å². The summed E-state index contributed by atoms with van der Waals surface area (Å²) in [7, 11) is 0. The maximum Gasteiger partial charge on any atom is 0.124 e. The van der Waals surface area contributed by atoms with Crippen LogP contribution in [-0.2, 0) is 0 Å². The molecule has 50 heavy (non-hydrogen) atoms. The van der Waals surface area contributed by atoms with Crippen LogP contribution in [0.5, 0.6) is 0 Å². The largest absolute Gasteiger partial charge is 0.313 e. The number of hydrogen-bond donors (Lipinski definition) is 0. The van der Waals surface area contributed by atoms with Gasteiger partial charge in [0, 0.05) is 55.4 Å². The molecule has 240 valence electrons. The SMILES string of the molecule is Cc1c(C)n(-c2ccc(-c3nc4ccccc4s3)cc2)c2c1ccc1c2ccc2c(C)c(C)n(-c3ccc(-c4nc5ccccc5s4)cc3)c21. The molecule has 0 fully saturated rings. The fourth-order valence-corrected chi connectivity index (χ4v) is 9.61. The Hall–Kier alpha value is -5.56. The topological polar surface area (TPSA) is 35.6 Å². The molecule has 4 aromatic heterocycles. The molecule has 10 rings (SSSR count). The molecule has 4 heterocycles. The molecule has 0 aliphatic carbocycles. The monoisotopic (exact) mass is 680 g/mol. The molecular formula is C44H32N4S2. The van der Waals surface area contributed by atoms with Gasteiger partial charge in [0.1, 0.15) is 10.0 Å². The summed E-state index contributed by atoms with van der Waals surface area (Å²) in [5, 5.41) is 7.19. The lowest BCUT2D eigenvalue weighted by molar-refractivity contribution is 1.04. The Bertz CT molecular complexity index is 2680. The number of thiazole rings is 2. The fourth-order valence-electron chi connectivity index (χ4n) is 7.66. The molecular weight excluding hydrogens is 649 g/mol. The number of rotatable bonds is 4. The number of nitrogens with zero attached hydrogens (tertiary/aromatic N) is 4. The Morgan fingerprint density at radius 2 is 0.800 bits per heavy atom. The van der Waals surface area contributed by atoms with Gasteiger partial charge in [0.2, 0.25) is 0 Å². The molecule has 10 aromatic rings. The number of benzene rings is 6. The Labute approximate surface area is 297 Å². The van der Waals surface area contributed by atoms with Crippen molar-refractivity contribution < 1.29 is 0 Å². The zero-order valence-corrected chi connectivity index (χ0v) is 29.8. The summed E-state index contributed by atoms with van der Waals surface area (Å²) in [5.74, 6) is 0. The minimum Gasteiger partial charge on any atom is -0.313 e. The van der Waals surface area contributed by atoms with Crippen LogP contribution in [0.2, 0.25) is 0 Å². The van der Waals surface area contributed by atoms with Crippen LogP contribution in [0, 0.1) is 27.7 Å². The van der Waals surface area contributed by atoms with Crippen molar-refractivity contribution in [3.8, 4) is 32.5 Å². The molecule has 0 spiro atoms. The van der Waals surface area contributed by atoms with Crippen molar-refractivity contribution in [2.45, 2.75) is 27.7 Å². The van der Waals surface area contributed by atoms with Gasteiger partial charge in [-0.05, 0) is 112 Å². The quantitative estimate of drug-likeness (QED) is 0.185. The van der Waals surface area contributed by atoms with Crippen LogP contribution >= 0.6 is 22.7 Å². The lowest BCUT2D eigenvalue weighted by Crippen LogP contribution is -1.99. The molecule has 6 aromatic carbocycles. The van der Waals surface area contributed by atoms with Crippen molar-refractivity contribution in [3.05, 3.63) is 144 Å². The number of aryl methyl sites for hydroxylation is 2. The molecule has 4 nitrogen and oxygen atoms in total. The van der Waals surface area contributed by atoms with Crippen molar-refractivity contribution in [1.82, 2.24) is 19.1 Å². The molecule has 0 aliphatic rings. The van der Waals surface area contributed by atoms with E-state index in [1.54, 1.807) is 22.7 Å². The first kappa shape index (κ1) is 29.4. The minimum absolute atomic E-state index is 1.05. The van der Waals surface area contributed by atoms with Gasteiger partial charge in [-0.3, -0.25) is 0 Å². The first-order chi connectivity index (χ1) is 24.4. The third kappa shape index (κ3) is 4.28. The summed E-state index contributed by atoms with van der Waals surface area (Å²) in [4.78, 5) is 9.81. The maximum atomic E-state index is 4.90. The Kier molecular flexibility index (Phi) is 6.44. The van der Waals surface area contributed by atoms with Gasteiger partial charge < -0.3 is 9.13 Å². The van der Waals surface area contributed by atoms with Crippen LogP contribution in [0.25, 0.3) is 85.5 Å². The van der Waals surface area contributed by atoms with Crippen LogP contribution in [0.3, 0.4) is 0 Å². The molecule has 0 unspecified atom stereocenters. The second kappa shape index (κ2) is 11.0. The highest BCUT2D eigenvalue weighted by Crippen LogP contribution is 2.41. The number of hydrogen-bond acceptors (Lipinski definition) is 4. The second-order valence-electron chi connectivity index (χ2n) is 13.2. The van der Waals surface area contributed by atoms with Gasteiger partial charge in [0.05, 0.1) is 31.5 Å². The van der Waals surface area contributed by atoms with Crippen LogP contribution in [0.1, 0.15) is 22.5 Å². The zero-order valence-electron chi connectivity index (χ0n) is 28.2. The van der Waals surface area contributed by atoms with Gasteiger partial charge in [-0.1, -0.05) is 48.5 Å². The zero-order chi connectivity index (χ0) is 33.7. The minimum atomic E-state index is 1.05. The number of aromatic nitrogens is 4. The average Bonchev–Trinajstić information content (AvgIpc) is 3.91. The summed E-state index contributed by atoms with van der Waals surface area (Å²) >= 11 is 3.49. The average molecular weight is 681 g/mol. The van der Waals surface area contributed by atoms with Crippen molar-refractivity contribution in [3.63, 3.8) is 0 Å². The summed E-state index contributed by atoms with van der Waals surface area (Å²) in [5.41, 5.74) is 14.3. The second-order valence-corrected chi connectivity index (χ2v) is 15.2. The number of fused-ring (bicyclic) bond motifs is 7. The molecule has 0 amide bonds. The van der Waals surface area contributed by atoms with E-state index in [4.69, 9.17) is 9.97 Å². The first-order valence-corrected chi connectivity index (χ1v) is 18.6. The Balaban J connectivity index is 1.13. The van der Waals surface area contributed by atoms with Crippen molar-refractivity contribution in [2.75, 3.05) is 0 Å². The van der Waals surface area contributed by atoms with E-state index in [0.29, 0.717) is 0 Å². The predicted molar refractivity (Wildman–Crippen MR) is 214 cm³/mol. The van der Waals surface area contributed by atoms with E-state index in [-0.39, 0.29) is 0 Å². The molecule has 0 atom stereocenters. The van der Waals surface area contributed by atoms with Crippen LogP contribution in [0.15, 0.2) is 121 Å². The van der Waals surface area contributed by atoms with Crippen LogP contribution < -0.4 is 0 Å². The molecule has 0 bridgehead atoms. The standard InChI is InChI=1S/C44H32N4S2/c1-25-27(3)47(31-17-13-29(14-18-31)43-45-37-9-5-7-11-39(37)49-43)41-33(25)21-23-36-35(41)24-22-34-26(2)28(4)48(42(34)36)32-19-15-30(16-20-32)44-46-38-10-6-8-12-40(38)50-44/h5-24H,1-4H3. The molecule has 0 aliphatic heterocycles. The molecule has 0 saturated carbocycles. The normalized spacial score (nSPS) is 12.0. The van der Waals surface area contributed by atoms with E-state index in [1.165, 1.54) is 64.5 Å². The van der Waals surface area contributed by atoms with Gasteiger partial charge in [-0.2, -0.15) is 0 Å². The first-order valence-electron chi connectivity index (χ1n) is 16.9. The van der Waals surface area contributed by atoms with Gasteiger partial charge in [0.25, 0.3) is 0 Å². The number of para-hydroxylation sites is 2. The van der Waals surface area contributed by atoms with E-state index in [1.807, 2.05) is 0 Å². The van der Waals surface area contributed by atoms with E-state index in [0.717, 1.165) is 43.6 Å². The van der Waals surface area contributed by atoms with Gasteiger partial charge >= 0.3 is 0 Å². The van der Waals surface area contributed by atoms with Crippen molar-refractivity contribution >= 4 is 75.7 Å². The van der Waals surface area contributed by atoms with Gasteiger partial charge in [-0.25, -0.2) is 9.97 Å². The van der Waals surface area contributed by atoms with Crippen molar-refractivity contribution in [2.24, 2.45) is 0 Å². The van der Waals surface area contributed by atoms with E-state index >= 15 is 0 Å². The summed E-state index contributed by atoms with van der Waals surface area (Å²) in [6.45, 7) is 8.98. The smallest absolute Gasteiger partial charge is 0.124 e. The lowest BCUT2D eigenvalue weighted by atomic mass is 10.0. The third-order valence-corrected chi connectivity index (χ3v) is 12.7.